The van der Waals surface area contributed by atoms with Crippen molar-refractivity contribution in [3.63, 3.8) is 0 Å². The number of aryl methyl sites for hydroxylation is 2. The molecule has 0 aliphatic heterocycles. The smallest absolute Gasteiger partial charge is 0.224 e. The van der Waals surface area contributed by atoms with Crippen molar-refractivity contribution in [3.05, 3.63) is 93.5 Å². The van der Waals surface area contributed by atoms with Crippen LogP contribution in [0.15, 0.2) is 71.6 Å². The molecule has 4 aromatic rings. The number of fused-ring (bicyclic) bond motifs is 1. The van der Waals surface area contributed by atoms with Gasteiger partial charge in [-0.25, -0.2) is 4.98 Å². The lowest BCUT2D eigenvalue weighted by atomic mass is 10.0. The predicted molar refractivity (Wildman–Crippen MR) is 123 cm³/mol. The summed E-state index contributed by atoms with van der Waals surface area (Å²) in [5, 5.41) is 1.88. The molecule has 0 saturated heterocycles. The Bertz CT molecular complexity index is 1240. The molecule has 1 heterocycles. The van der Waals surface area contributed by atoms with Gasteiger partial charge in [0, 0.05) is 26.4 Å². The fourth-order valence-electron chi connectivity index (χ4n) is 3.34. The van der Waals surface area contributed by atoms with Crippen LogP contribution in [0.5, 0.6) is 0 Å². The summed E-state index contributed by atoms with van der Waals surface area (Å²) in [5.41, 5.74) is 4.94. The van der Waals surface area contributed by atoms with Crippen LogP contribution in [0.4, 0.5) is 0 Å². The van der Waals surface area contributed by atoms with Crippen molar-refractivity contribution in [2.24, 2.45) is 0 Å². The van der Waals surface area contributed by atoms with Crippen LogP contribution >= 0.6 is 35.0 Å². The Balaban J connectivity index is 1.92. The fourth-order valence-corrected chi connectivity index (χ4v) is 4.63. The summed E-state index contributed by atoms with van der Waals surface area (Å²) in [6, 6.07) is 20.9. The van der Waals surface area contributed by atoms with Gasteiger partial charge in [0.1, 0.15) is 0 Å². The van der Waals surface area contributed by atoms with Crippen molar-refractivity contribution in [1.82, 2.24) is 4.98 Å². The molecule has 4 rings (SSSR count). The summed E-state index contributed by atoms with van der Waals surface area (Å²) in [6.07, 6.45) is 0. The van der Waals surface area contributed by atoms with Crippen molar-refractivity contribution in [2.45, 2.75) is 18.7 Å². The first-order valence-corrected chi connectivity index (χ1v) is 10.6. The Morgan fingerprint density at radius 1 is 0.931 bits per heavy atom. The average Bonchev–Trinajstić information content (AvgIpc) is 2.68. The second-order valence-electron chi connectivity index (χ2n) is 6.86. The van der Waals surface area contributed by atoms with Gasteiger partial charge in [0.2, 0.25) is 5.12 Å². The number of hydrogen-bond acceptors (Lipinski definition) is 3. The highest BCUT2D eigenvalue weighted by atomic mass is 35.5. The molecule has 0 spiro atoms. The second-order valence-corrected chi connectivity index (χ2v) is 8.75. The maximum atomic E-state index is 13.3. The standard InChI is InChI=1S/C24H17Cl2NOS/c1-14-10-15(2)23-19(11-14)20(24(28)29-17-6-4-3-5-7-17)13-22(27-23)18-9-8-16(25)12-21(18)26/h3-13H,1-2H3. The zero-order chi connectivity index (χ0) is 20.5. The quantitative estimate of drug-likeness (QED) is 0.306. The molecule has 0 unspecified atom stereocenters. The van der Waals surface area contributed by atoms with E-state index < -0.39 is 0 Å². The molecule has 2 nitrogen and oxygen atoms in total. The van der Waals surface area contributed by atoms with E-state index in [1.54, 1.807) is 12.1 Å². The molecule has 0 aliphatic carbocycles. The van der Waals surface area contributed by atoms with Crippen LogP contribution in [-0.2, 0) is 0 Å². The number of nitrogens with zero attached hydrogens (tertiary/aromatic N) is 1. The average molecular weight is 438 g/mol. The molecule has 5 heteroatoms. The Kier molecular flexibility index (Phi) is 5.64. The Labute approximate surface area is 183 Å². The minimum absolute atomic E-state index is 0.0278. The van der Waals surface area contributed by atoms with Crippen molar-refractivity contribution in [3.8, 4) is 11.3 Å². The number of hydrogen-bond donors (Lipinski definition) is 0. The predicted octanol–water partition coefficient (Wildman–Crippen LogP) is 7.76. The number of carbonyl (C=O) groups excluding carboxylic acids is 1. The minimum Gasteiger partial charge on any atom is -0.281 e. The lowest BCUT2D eigenvalue weighted by Crippen LogP contribution is -2.00. The highest BCUT2D eigenvalue weighted by molar-refractivity contribution is 8.14. The lowest BCUT2D eigenvalue weighted by molar-refractivity contribution is 0.109. The molecule has 1 aromatic heterocycles. The summed E-state index contributed by atoms with van der Waals surface area (Å²) in [6.45, 7) is 4.03. The minimum atomic E-state index is -0.0278. The second kappa shape index (κ2) is 8.19. The topological polar surface area (TPSA) is 30.0 Å². The van der Waals surface area contributed by atoms with Gasteiger partial charge in [-0.05, 0) is 73.6 Å². The van der Waals surface area contributed by atoms with Crippen LogP contribution in [0.1, 0.15) is 21.5 Å². The van der Waals surface area contributed by atoms with E-state index in [0.717, 1.165) is 32.5 Å². The largest absolute Gasteiger partial charge is 0.281 e. The third-order valence-electron chi connectivity index (χ3n) is 4.63. The summed E-state index contributed by atoms with van der Waals surface area (Å²) in [4.78, 5) is 19.0. The number of carbonyl (C=O) groups is 1. The zero-order valence-electron chi connectivity index (χ0n) is 15.9. The SMILES string of the molecule is Cc1cc(C)c2nc(-c3ccc(Cl)cc3Cl)cc(C(=O)Sc3ccccc3)c2c1. The monoisotopic (exact) mass is 437 g/mol. The van der Waals surface area contributed by atoms with Gasteiger partial charge in [-0.15, -0.1) is 0 Å². The molecule has 0 radical (unpaired) electrons. The van der Waals surface area contributed by atoms with Gasteiger partial charge in [-0.2, -0.15) is 0 Å². The van der Waals surface area contributed by atoms with Crippen LogP contribution in [0.2, 0.25) is 10.0 Å². The van der Waals surface area contributed by atoms with Gasteiger partial charge >= 0.3 is 0 Å². The van der Waals surface area contributed by atoms with E-state index in [1.165, 1.54) is 11.8 Å². The number of aromatic nitrogens is 1. The summed E-state index contributed by atoms with van der Waals surface area (Å²) < 4.78 is 0. The van der Waals surface area contributed by atoms with Gasteiger partial charge in [0.05, 0.1) is 16.2 Å². The number of rotatable bonds is 3. The third-order valence-corrected chi connectivity index (χ3v) is 6.09. The van der Waals surface area contributed by atoms with Crippen molar-refractivity contribution < 1.29 is 4.79 Å². The van der Waals surface area contributed by atoms with Gasteiger partial charge in [0.25, 0.3) is 0 Å². The van der Waals surface area contributed by atoms with Crippen LogP contribution in [0.3, 0.4) is 0 Å². The molecule has 0 bridgehead atoms. The number of pyridine rings is 1. The van der Waals surface area contributed by atoms with Crippen LogP contribution in [-0.4, -0.2) is 10.1 Å². The molecule has 0 amide bonds. The van der Waals surface area contributed by atoms with E-state index in [1.807, 2.05) is 62.4 Å². The Morgan fingerprint density at radius 2 is 1.69 bits per heavy atom. The number of halogens is 2. The van der Waals surface area contributed by atoms with E-state index in [0.29, 0.717) is 21.3 Å². The zero-order valence-corrected chi connectivity index (χ0v) is 18.2. The van der Waals surface area contributed by atoms with E-state index in [2.05, 4.69) is 6.07 Å². The first-order chi connectivity index (χ1) is 13.9. The molecule has 0 fully saturated rings. The highest BCUT2D eigenvalue weighted by Crippen LogP contribution is 2.35. The molecule has 0 aliphatic rings. The van der Waals surface area contributed by atoms with Crippen LogP contribution in [0, 0.1) is 13.8 Å². The summed E-state index contributed by atoms with van der Waals surface area (Å²) in [5.74, 6) is 0. The van der Waals surface area contributed by atoms with Gasteiger partial charge in [-0.1, -0.05) is 53.0 Å². The highest BCUT2D eigenvalue weighted by Gasteiger charge is 2.18. The summed E-state index contributed by atoms with van der Waals surface area (Å²) >= 11 is 13.7. The maximum absolute atomic E-state index is 13.3. The van der Waals surface area contributed by atoms with Gasteiger partial charge in [-0.3, -0.25) is 4.79 Å². The fraction of sp³-hybridized carbons (Fsp3) is 0.0833. The van der Waals surface area contributed by atoms with E-state index >= 15 is 0 Å². The first kappa shape index (κ1) is 20.0. The molecule has 0 saturated carbocycles. The normalized spacial score (nSPS) is 11.0. The Morgan fingerprint density at radius 3 is 2.41 bits per heavy atom. The van der Waals surface area contributed by atoms with Gasteiger partial charge < -0.3 is 0 Å². The van der Waals surface area contributed by atoms with Crippen molar-refractivity contribution in [1.29, 1.82) is 0 Å². The molecule has 144 valence electrons. The van der Waals surface area contributed by atoms with Crippen LogP contribution in [0.25, 0.3) is 22.2 Å². The molecular weight excluding hydrogens is 421 g/mol. The van der Waals surface area contributed by atoms with Crippen molar-refractivity contribution in [2.75, 3.05) is 0 Å². The van der Waals surface area contributed by atoms with Gasteiger partial charge in [0.15, 0.2) is 0 Å². The third kappa shape index (κ3) is 4.18. The maximum Gasteiger partial charge on any atom is 0.224 e. The summed E-state index contributed by atoms with van der Waals surface area (Å²) in [7, 11) is 0. The molecule has 0 N–H and O–H groups in total. The number of benzene rings is 3. The van der Waals surface area contributed by atoms with E-state index in [9.17, 15) is 4.79 Å². The molecule has 0 atom stereocenters. The van der Waals surface area contributed by atoms with E-state index in [4.69, 9.17) is 28.2 Å². The molecular formula is C24H17Cl2NOS. The molecule has 3 aromatic carbocycles. The first-order valence-electron chi connectivity index (χ1n) is 9.07. The Hall–Kier alpha value is -2.33. The van der Waals surface area contributed by atoms with Crippen LogP contribution < -0.4 is 0 Å². The van der Waals surface area contributed by atoms with Crippen molar-refractivity contribution >= 4 is 51.0 Å². The molecule has 29 heavy (non-hydrogen) atoms. The van der Waals surface area contributed by atoms with E-state index in [-0.39, 0.29) is 5.12 Å². The lowest BCUT2D eigenvalue weighted by Gasteiger charge is -2.13. The number of thioether (sulfide) groups is 1.